The molecular formula is C23H26F3NO6S2. The summed E-state index contributed by atoms with van der Waals surface area (Å²) in [6, 6.07) is 7.08. The number of phenolic OH excluding ortho intramolecular Hbond substituents is 1. The van der Waals surface area contributed by atoms with Gasteiger partial charge in [-0.2, -0.15) is 13.2 Å². The van der Waals surface area contributed by atoms with Crippen LogP contribution in [-0.4, -0.2) is 56.8 Å². The summed E-state index contributed by atoms with van der Waals surface area (Å²) >= 11 is 0. The van der Waals surface area contributed by atoms with Gasteiger partial charge in [-0.15, -0.1) is 0 Å². The van der Waals surface area contributed by atoms with E-state index in [1.807, 2.05) is 0 Å². The Labute approximate surface area is 202 Å². The van der Waals surface area contributed by atoms with Crippen LogP contribution in [0.5, 0.6) is 5.75 Å². The van der Waals surface area contributed by atoms with Gasteiger partial charge in [0.25, 0.3) is 5.91 Å². The molecule has 0 atom stereocenters. The van der Waals surface area contributed by atoms with Crippen LogP contribution in [0.25, 0.3) is 0 Å². The summed E-state index contributed by atoms with van der Waals surface area (Å²) < 4.78 is 88.7. The Morgan fingerprint density at radius 3 is 2.14 bits per heavy atom. The van der Waals surface area contributed by atoms with Crippen molar-refractivity contribution in [3.8, 4) is 5.75 Å². The zero-order chi connectivity index (χ0) is 26.4. The number of likely N-dealkylation sites (tertiary alicyclic amines) is 1. The quantitative estimate of drug-likeness (QED) is 0.624. The molecule has 1 aliphatic rings. The number of alkyl halides is 3. The number of benzene rings is 2. The minimum atomic E-state index is -4.68. The van der Waals surface area contributed by atoms with Crippen LogP contribution in [0, 0.1) is 5.92 Å². The van der Waals surface area contributed by atoms with Crippen LogP contribution < -0.4 is 0 Å². The molecule has 12 heteroatoms. The van der Waals surface area contributed by atoms with Gasteiger partial charge in [-0.05, 0) is 69.0 Å². The van der Waals surface area contributed by atoms with Gasteiger partial charge in [0.1, 0.15) is 5.75 Å². The number of hydrogen-bond acceptors (Lipinski definition) is 6. The second-order valence-electron chi connectivity index (χ2n) is 9.15. The maximum absolute atomic E-state index is 13.3. The highest BCUT2D eigenvalue weighted by Crippen LogP contribution is 2.40. The van der Waals surface area contributed by atoms with Crippen molar-refractivity contribution in [1.82, 2.24) is 4.90 Å². The lowest BCUT2D eigenvalue weighted by molar-refractivity contribution is -0.137. The van der Waals surface area contributed by atoms with Crippen molar-refractivity contribution in [3.63, 3.8) is 0 Å². The van der Waals surface area contributed by atoms with E-state index in [9.17, 15) is 39.9 Å². The molecule has 3 rings (SSSR count). The fourth-order valence-corrected chi connectivity index (χ4v) is 7.02. The molecule has 1 aliphatic heterocycles. The van der Waals surface area contributed by atoms with E-state index in [0.29, 0.717) is 6.07 Å². The van der Waals surface area contributed by atoms with Gasteiger partial charge < -0.3 is 10.0 Å². The Morgan fingerprint density at radius 2 is 1.60 bits per heavy atom. The van der Waals surface area contributed by atoms with Gasteiger partial charge in [-0.25, -0.2) is 16.8 Å². The third-order valence-electron chi connectivity index (χ3n) is 6.52. The monoisotopic (exact) mass is 533 g/mol. The van der Waals surface area contributed by atoms with Crippen LogP contribution in [0.4, 0.5) is 13.2 Å². The Morgan fingerprint density at radius 1 is 1.00 bits per heavy atom. The SMILES string of the molecule is CC(C)(C1CCN(C(=O)c2ccc(O)cc2S(C)(=O)=O)CC1)S(=O)(=O)c1cccc(C(F)(F)F)c1. The Kier molecular flexibility index (Phi) is 7.04. The summed E-state index contributed by atoms with van der Waals surface area (Å²) in [6.07, 6.45) is -3.25. The summed E-state index contributed by atoms with van der Waals surface area (Å²) in [5, 5.41) is 9.64. The number of amides is 1. The maximum atomic E-state index is 13.3. The van der Waals surface area contributed by atoms with E-state index in [4.69, 9.17) is 0 Å². The number of carbonyl (C=O) groups excluding carboxylic acids is 1. The molecule has 0 radical (unpaired) electrons. The second-order valence-corrected chi connectivity index (χ2v) is 13.7. The van der Waals surface area contributed by atoms with Crippen molar-refractivity contribution in [1.29, 1.82) is 0 Å². The molecule has 1 amide bonds. The highest BCUT2D eigenvalue weighted by molar-refractivity contribution is 7.92. The highest BCUT2D eigenvalue weighted by atomic mass is 32.2. The zero-order valence-electron chi connectivity index (χ0n) is 19.3. The lowest BCUT2D eigenvalue weighted by atomic mass is 9.85. The van der Waals surface area contributed by atoms with E-state index < -0.39 is 52.9 Å². The minimum absolute atomic E-state index is 0.0976. The third-order valence-corrected chi connectivity index (χ3v) is 10.3. The summed E-state index contributed by atoms with van der Waals surface area (Å²) in [4.78, 5) is 13.7. The third kappa shape index (κ3) is 5.32. The number of carbonyl (C=O) groups is 1. The van der Waals surface area contributed by atoms with Crippen LogP contribution in [-0.2, 0) is 25.9 Å². The van der Waals surface area contributed by atoms with Crippen LogP contribution >= 0.6 is 0 Å². The average molecular weight is 534 g/mol. The van der Waals surface area contributed by atoms with E-state index in [1.165, 1.54) is 30.9 Å². The lowest BCUT2D eigenvalue weighted by Gasteiger charge is -2.40. The fraction of sp³-hybridized carbons (Fsp3) is 0.435. The predicted octanol–water partition coefficient (Wildman–Crippen LogP) is 3.92. The van der Waals surface area contributed by atoms with E-state index in [2.05, 4.69) is 0 Å². The van der Waals surface area contributed by atoms with Crippen molar-refractivity contribution in [2.75, 3.05) is 19.3 Å². The number of hydrogen-bond donors (Lipinski definition) is 1. The van der Waals surface area contributed by atoms with Crippen molar-refractivity contribution in [2.45, 2.75) is 47.4 Å². The first-order chi connectivity index (χ1) is 16.0. The first-order valence-corrected chi connectivity index (χ1v) is 14.1. The number of aromatic hydroxyl groups is 1. The topological polar surface area (TPSA) is 109 Å². The molecule has 0 aliphatic carbocycles. The molecule has 1 N–H and O–H groups in total. The van der Waals surface area contributed by atoms with Crippen LogP contribution in [0.1, 0.15) is 42.6 Å². The van der Waals surface area contributed by atoms with E-state index >= 15 is 0 Å². The average Bonchev–Trinajstić information content (AvgIpc) is 2.77. The summed E-state index contributed by atoms with van der Waals surface area (Å²) in [5.74, 6) is -1.33. The van der Waals surface area contributed by atoms with Crippen LogP contribution in [0.2, 0.25) is 0 Å². The molecule has 192 valence electrons. The molecule has 0 aromatic heterocycles. The Hall–Kier alpha value is -2.60. The minimum Gasteiger partial charge on any atom is -0.508 e. The van der Waals surface area contributed by atoms with Gasteiger partial charge >= 0.3 is 6.18 Å². The molecule has 35 heavy (non-hydrogen) atoms. The van der Waals surface area contributed by atoms with Crippen molar-refractivity contribution < 1.29 is 39.9 Å². The molecule has 0 spiro atoms. The van der Waals surface area contributed by atoms with Crippen molar-refractivity contribution in [3.05, 3.63) is 53.6 Å². The van der Waals surface area contributed by atoms with Gasteiger partial charge in [0.15, 0.2) is 19.7 Å². The largest absolute Gasteiger partial charge is 0.508 e. The molecular weight excluding hydrogens is 507 g/mol. The normalized spacial score (nSPS) is 16.3. The number of phenols is 1. The molecule has 2 aromatic carbocycles. The highest BCUT2D eigenvalue weighted by Gasteiger charge is 2.45. The maximum Gasteiger partial charge on any atom is 0.416 e. The van der Waals surface area contributed by atoms with Crippen molar-refractivity contribution >= 4 is 25.6 Å². The van der Waals surface area contributed by atoms with Gasteiger partial charge in [-0.1, -0.05) is 6.07 Å². The van der Waals surface area contributed by atoms with E-state index in [1.54, 1.807) is 0 Å². The number of piperidine rings is 1. The van der Waals surface area contributed by atoms with Gasteiger partial charge in [0.2, 0.25) is 0 Å². The number of rotatable bonds is 5. The molecule has 7 nitrogen and oxygen atoms in total. The first kappa shape index (κ1) is 27.0. The molecule has 1 fully saturated rings. The second kappa shape index (κ2) is 9.12. The predicted molar refractivity (Wildman–Crippen MR) is 123 cm³/mol. The summed E-state index contributed by atoms with van der Waals surface area (Å²) in [6.45, 7) is 3.20. The number of halogens is 3. The number of nitrogens with zero attached hydrogens (tertiary/aromatic N) is 1. The van der Waals surface area contributed by atoms with E-state index in [0.717, 1.165) is 30.5 Å². The van der Waals surface area contributed by atoms with Gasteiger partial charge in [0, 0.05) is 19.3 Å². The first-order valence-electron chi connectivity index (χ1n) is 10.7. The fourth-order valence-electron chi connectivity index (χ4n) is 4.31. The smallest absolute Gasteiger partial charge is 0.416 e. The van der Waals surface area contributed by atoms with Crippen molar-refractivity contribution in [2.24, 2.45) is 5.92 Å². The molecule has 1 heterocycles. The van der Waals surface area contributed by atoms with Gasteiger partial charge in [-0.3, -0.25) is 4.79 Å². The standard InChI is InChI=1S/C23H26F3NO6S2/c1-22(2,35(32,33)18-6-4-5-16(13-18)23(24,25)26)15-9-11-27(12-10-15)21(29)19-8-7-17(28)14-20(19)34(3,30)31/h4-8,13-15,28H,9-12H2,1-3H3. The molecule has 0 bridgehead atoms. The zero-order valence-corrected chi connectivity index (χ0v) is 21.0. The Balaban J connectivity index is 1.82. The summed E-state index contributed by atoms with van der Waals surface area (Å²) in [7, 11) is -7.96. The summed E-state index contributed by atoms with van der Waals surface area (Å²) in [5.41, 5.74) is -1.15. The number of sulfone groups is 2. The molecule has 2 aromatic rings. The van der Waals surface area contributed by atoms with Crippen LogP contribution in [0.3, 0.4) is 0 Å². The van der Waals surface area contributed by atoms with Crippen LogP contribution in [0.15, 0.2) is 52.3 Å². The molecule has 1 saturated heterocycles. The van der Waals surface area contributed by atoms with E-state index in [-0.39, 0.29) is 42.1 Å². The molecule has 0 saturated carbocycles. The van der Waals surface area contributed by atoms with Gasteiger partial charge in [0.05, 0.1) is 25.7 Å². The lowest BCUT2D eigenvalue weighted by Crippen LogP contribution is -2.47. The molecule has 0 unspecified atom stereocenters. The Bertz CT molecular complexity index is 1340.